The SMILES string of the molecule is CC1CC(C(=O)NCCc2cccc3c2NCCC3)CO1. The fourth-order valence-corrected chi connectivity index (χ4v) is 3.25. The van der Waals surface area contributed by atoms with Gasteiger partial charge in [-0.2, -0.15) is 0 Å². The zero-order valence-corrected chi connectivity index (χ0v) is 12.7. The van der Waals surface area contributed by atoms with Crippen LogP contribution in [0.5, 0.6) is 0 Å². The molecule has 2 heterocycles. The van der Waals surface area contributed by atoms with Crippen molar-refractivity contribution in [2.45, 2.75) is 38.7 Å². The van der Waals surface area contributed by atoms with E-state index in [1.165, 1.54) is 23.2 Å². The van der Waals surface area contributed by atoms with Crippen LogP contribution in [-0.4, -0.2) is 31.7 Å². The van der Waals surface area contributed by atoms with Crippen molar-refractivity contribution in [1.82, 2.24) is 5.32 Å². The molecule has 2 N–H and O–H groups in total. The van der Waals surface area contributed by atoms with Crippen molar-refractivity contribution >= 4 is 11.6 Å². The molecule has 2 aliphatic heterocycles. The quantitative estimate of drug-likeness (QED) is 0.892. The molecule has 0 radical (unpaired) electrons. The van der Waals surface area contributed by atoms with E-state index in [1.54, 1.807) is 0 Å². The van der Waals surface area contributed by atoms with Crippen LogP contribution in [0, 0.1) is 5.92 Å². The summed E-state index contributed by atoms with van der Waals surface area (Å²) in [6.07, 6.45) is 4.29. The van der Waals surface area contributed by atoms with Gasteiger partial charge in [0.1, 0.15) is 0 Å². The molecule has 2 unspecified atom stereocenters. The van der Waals surface area contributed by atoms with Crippen LogP contribution < -0.4 is 10.6 Å². The zero-order valence-electron chi connectivity index (χ0n) is 12.7. The number of para-hydroxylation sites is 1. The van der Waals surface area contributed by atoms with Gasteiger partial charge in [0.15, 0.2) is 0 Å². The van der Waals surface area contributed by atoms with E-state index < -0.39 is 0 Å². The number of anilines is 1. The molecular weight excluding hydrogens is 264 g/mol. The Balaban J connectivity index is 1.53. The lowest BCUT2D eigenvalue weighted by atomic mass is 9.98. The molecule has 2 aliphatic rings. The van der Waals surface area contributed by atoms with E-state index in [2.05, 4.69) is 28.8 Å². The second kappa shape index (κ2) is 6.48. The summed E-state index contributed by atoms with van der Waals surface area (Å²) in [4.78, 5) is 12.1. The Morgan fingerprint density at radius 3 is 3.19 bits per heavy atom. The van der Waals surface area contributed by atoms with Crippen molar-refractivity contribution in [3.8, 4) is 0 Å². The number of carbonyl (C=O) groups is 1. The maximum absolute atomic E-state index is 12.1. The highest BCUT2D eigenvalue weighted by molar-refractivity contribution is 5.79. The second-order valence-corrected chi connectivity index (χ2v) is 6.10. The highest BCUT2D eigenvalue weighted by atomic mass is 16.5. The van der Waals surface area contributed by atoms with Gasteiger partial charge in [0.2, 0.25) is 5.91 Å². The molecule has 1 amide bonds. The van der Waals surface area contributed by atoms with Gasteiger partial charge in [-0.1, -0.05) is 18.2 Å². The van der Waals surface area contributed by atoms with Gasteiger partial charge in [0, 0.05) is 18.8 Å². The van der Waals surface area contributed by atoms with Crippen molar-refractivity contribution in [2.75, 3.05) is 25.0 Å². The molecule has 0 saturated carbocycles. The first-order valence-corrected chi connectivity index (χ1v) is 7.98. The van der Waals surface area contributed by atoms with Gasteiger partial charge >= 0.3 is 0 Å². The van der Waals surface area contributed by atoms with Crippen LogP contribution in [0.2, 0.25) is 0 Å². The minimum atomic E-state index is 0.0304. The molecule has 1 aromatic carbocycles. The summed E-state index contributed by atoms with van der Waals surface area (Å²) in [7, 11) is 0. The Morgan fingerprint density at radius 2 is 2.38 bits per heavy atom. The summed E-state index contributed by atoms with van der Waals surface area (Å²) < 4.78 is 5.45. The Morgan fingerprint density at radius 1 is 1.48 bits per heavy atom. The molecule has 0 spiro atoms. The number of hydrogen-bond donors (Lipinski definition) is 2. The number of ether oxygens (including phenoxy) is 1. The summed E-state index contributed by atoms with van der Waals surface area (Å²) in [6.45, 7) is 4.33. The van der Waals surface area contributed by atoms with Crippen molar-refractivity contribution in [2.24, 2.45) is 5.92 Å². The summed E-state index contributed by atoms with van der Waals surface area (Å²) >= 11 is 0. The molecule has 1 saturated heterocycles. The van der Waals surface area contributed by atoms with Gasteiger partial charge in [0.05, 0.1) is 18.6 Å². The molecule has 1 fully saturated rings. The maximum Gasteiger partial charge on any atom is 0.225 e. The van der Waals surface area contributed by atoms with E-state index in [-0.39, 0.29) is 17.9 Å². The van der Waals surface area contributed by atoms with E-state index >= 15 is 0 Å². The lowest BCUT2D eigenvalue weighted by Crippen LogP contribution is -2.32. The summed E-state index contributed by atoms with van der Waals surface area (Å²) in [5, 5.41) is 6.55. The molecule has 0 aromatic heterocycles. The smallest absolute Gasteiger partial charge is 0.225 e. The Kier molecular flexibility index (Phi) is 4.44. The number of fused-ring (bicyclic) bond motifs is 1. The van der Waals surface area contributed by atoms with Crippen molar-refractivity contribution in [1.29, 1.82) is 0 Å². The van der Waals surface area contributed by atoms with Crippen LogP contribution in [0.4, 0.5) is 5.69 Å². The van der Waals surface area contributed by atoms with Gasteiger partial charge in [-0.15, -0.1) is 0 Å². The normalized spacial score (nSPS) is 24.2. The van der Waals surface area contributed by atoms with Crippen LogP contribution in [0.3, 0.4) is 0 Å². The van der Waals surface area contributed by atoms with E-state index in [0.717, 1.165) is 25.8 Å². The minimum Gasteiger partial charge on any atom is -0.385 e. The van der Waals surface area contributed by atoms with E-state index in [9.17, 15) is 4.79 Å². The highest BCUT2D eigenvalue weighted by Crippen LogP contribution is 2.26. The number of amides is 1. The highest BCUT2D eigenvalue weighted by Gasteiger charge is 2.27. The van der Waals surface area contributed by atoms with Gasteiger partial charge in [-0.3, -0.25) is 4.79 Å². The number of rotatable bonds is 4. The van der Waals surface area contributed by atoms with Crippen LogP contribution in [0.15, 0.2) is 18.2 Å². The molecule has 0 aliphatic carbocycles. The number of carbonyl (C=O) groups excluding carboxylic acids is 1. The topological polar surface area (TPSA) is 50.4 Å². The van der Waals surface area contributed by atoms with Crippen molar-refractivity contribution in [3.05, 3.63) is 29.3 Å². The van der Waals surface area contributed by atoms with Gasteiger partial charge in [-0.05, 0) is 43.7 Å². The van der Waals surface area contributed by atoms with Gasteiger partial charge in [-0.25, -0.2) is 0 Å². The first-order valence-electron chi connectivity index (χ1n) is 7.98. The molecule has 1 aromatic rings. The Bertz CT molecular complexity index is 516. The second-order valence-electron chi connectivity index (χ2n) is 6.10. The molecule has 2 atom stereocenters. The third kappa shape index (κ3) is 3.38. The average Bonchev–Trinajstić information content (AvgIpc) is 2.94. The largest absolute Gasteiger partial charge is 0.385 e. The molecule has 114 valence electrons. The van der Waals surface area contributed by atoms with Crippen LogP contribution >= 0.6 is 0 Å². The molecule has 4 nitrogen and oxygen atoms in total. The first-order chi connectivity index (χ1) is 10.2. The van der Waals surface area contributed by atoms with Gasteiger partial charge < -0.3 is 15.4 Å². The lowest BCUT2D eigenvalue weighted by Gasteiger charge is -2.21. The molecule has 0 bridgehead atoms. The van der Waals surface area contributed by atoms with Crippen LogP contribution in [0.1, 0.15) is 30.9 Å². The minimum absolute atomic E-state index is 0.0304. The standard InChI is InChI=1S/C17H24N2O2/c1-12-10-15(11-21-12)17(20)19-9-7-14-5-2-4-13-6-3-8-18-16(13)14/h2,4-5,12,15,18H,3,6-11H2,1H3,(H,19,20). The summed E-state index contributed by atoms with van der Waals surface area (Å²) in [5.74, 6) is 0.167. The molecule has 21 heavy (non-hydrogen) atoms. The Labute approximate surface area is 126 Å². The first kappa shape index (κ1) is 14.4. The van der Waals surface area contributed by atoms with E-state index in [1.807, 2.05) is 6.92 Å². The van der Waals surface area contributed by atoms with Crippen molar-refractivity contribution in [3.63, 3.8) is 0 Å². The molecular formula is C17H24N2O2. The predicted molar refractivity (Wildman–Crippen MR) is 83.5 cm³/mol. The van der Waals surface area contributed by atoms with E-state index in [0.29, 0.717) is 13.2 Å². The maximum atomic E-state index is 12.1. The number of benzene rings is 1. The van der Waals surface area contributed by atoms with E-state index in [4.69, 9.17) is 4.74 Å². The third-order valence-electron chi connectivity index (χ3n) is 4.42. The predicted octanol–water partition coefficient (Wildman–Crippen LogP) is 2.13. The average molecular weight is 288 g/mol. The number of aryl methyl sites for hydroxylation is 1. The Hall–Kier alpha value is -1.55. The lowest BCUT2D eigenvalue weighted by molar-refractivity contribution is -0.124. The third-order valence-corrected chi connectivity index (χ3v) is 4.42. The fraction of sp³-hybridized carbons (Fsp3) is 0.588. The van der Waals surface area contributed by atoms with Gasteiger partial charge in [0.25, 0.3) is 0 Å². The number of nitrogens with one attached hydrogen (secondary N) is 2. The zero-order chi connectivity index (χ0) is 14.7. The summed E-state index contributed by atoms with van der Waals surface area (Å²) in [5.41, 5.74) is 4.00. The van der Waals surface area contributed by atoms with Crippen molar-refractivity contribution < 1.29 is 9.53 Å². The van der Waals surface area contributed by atoms with Crippen LogP contribution in [-0.2, 0) is 22.4 Å². The number of hydrogen-bond acceptors (Lipinski definition) is 3. The monoisotopic (exact) mass is 288 g/mol. The molecule has 4 heteroatoms. The fourth-order valence-electron chi connectivity index (χ4n) is 3.25. The summed E-state index contributed by atoms with van der Waals surface area (Å²) in [6, 6.07) is 6.47. The molecule has 3 rings (SSSR count). The van der Waals surface area contributed by atoms with Crippen LogP contribution in [0.25, 0.3) is 0 Å².